The second-order valence-corrected chi connectivity index (χ2v) is 4.28. The van der Waals surface area contributed by atoms with Gasteiger partial charge in [0.25, 0.3) is 5.91 Å². The van der Waals surface area contributed by atoms with Gasteiger partial charge in [-0.3, -0.25) is 10.1 Å². The van der Waals surface area contributed by atoms with Crippen LogP contribution in [0.4, 0.5) is 5.13 Å². The van der Waals surface area contributed by atoms with Crippen molar-refractivity contribution >= 4 is 34.0 Å². The van der Waals surface area contributed by atoms with Crippen molar-refractivity contribution in [2.24, 2.45) is 0 Å². The molecule has 1 aromatic heterocycles. The third-order valence-corrected chi connectivity index (χ3v) is 3.02. The molecule has 0 unspecified atom stereocenters. The summed E-state index contributed by atoms with van der Waals surface area (Å²) < 4.78 is 0. The zero-order valence-corrected chi connectivity index (χ0v) is 9.89. The van der Waals surface area contributed by atoms with Gasteiger partial charge in [0.2, 0.25) is 0 Å². The number of nitrogens with zero attached hydrogens (tertiary/aromatic N) is 1. The quantitative estimate of drug-likeness (QED) is 0.853. The van der Waals surface area contributed by atoms with Crippen LogP contribution in [-0.4, -0.2) is 10.9 Å². The third-order valence-electron chi connectivity index (χ3n) is 2.02. The number of hydrogen-bond donors (Lipinski definition) is 1. The Labute approximate surface area is 102 Å². The summed E-state index contributed by atoms with van der Waals surface area (Å²) in [5.41, 5.74) is 1.59. The molecular weight excluding hydrogens is 244 g/mol. The van der Waals surface area contributed by atoms with Gasteiger partial charge >= 0.3 is 0 Å². The monoisotopic (exact) mass is 252 g/mol. The van der Waals surface area contributed by atoms with Crippen LogP contribution in [-0.2, 0) is 5.88 Å². The first-order valence-corrected chi connectivity index (χ1v) is 6.07. The fourth-order valence-electron chi connectivity index (χ4n) is 1.20. The second-order valence-electron chi connectivity index (χ2n) is 3.12. The Bertz CT molecular complexity index is 467. The van der Waals surface area contributed by atoms with Crippen LogP contribution in [0.2, 0.25) is 0 Å². The van der Waals surface area contributed by atoms with E-state index in [1.165, 1.54) is 11.3 Å². The predicted molar refractivity (Wildman–Crippen MR) is 66.1 cm³/mol. The average Bonchev–Trinajstić information content (AvgIpc) is 2.82. The lowest BCUT2D eigenvalue weighted by molar-refractivity contribution is 0.102. The highest BCUT2D eigenvalue weighted by Gasteiger charge is 2.06. The Balaban J connectivity index is 2.09. The minimum Gasteiger partial charge on any atom is -0.298 e. The molecule has 0 atom stereocenters. The predicted octanol–water partition coefficient (Wildman–Crippen LogP) is 3.13. The fourth-order valence-corrected chi connectivity index (χ4v) is 1.90. The molecule has 0 aliphatic carbocycles. The number of amides is 1. The molecule has 0 radical (unpaired) electrons. The molecule has 2 rings (SSSR count). The molecule has 5 heteroatoms. The van der Waals surface area contributed by atoms with Crippen LogP contribution in [0.5, 0.6) is 0 Å². The van der Waals surface area contributed by atoms with Crippen molar-refractivity contribution in [3.8, 4) is 0 Å². The van der Waals surface area contributed by atoms with Gasteiger partial charge < -0.3 is 0 Å². The Hall–Kier alpha value is -1.39. The van der Waals surface area contributed by atoms with Gasteiger partial charge in [-0.05, 0) is 17.7 Å². The molecule has 0 saturated heterocycles. The minimum absolute atomic E-state index is 0.156. The van der Waals surface area contributed by atoms with Crippen LogP contribution in [0.3, 0.4) is 0 Å². The Morgan fingerprint density at radius 3 is 2.69 bits per heavy atom. The first kappa shape index (κ1) is 11.1. The zero-order chi connectivity index (χ0) is 11.4. The summed E-state index contributed by atoms with van der Waals surface area (Å²) in [6, 6.07) is 7.18. The van der Waals surface area contributed by atoms with Gasteiger partial charge in [0, 0.05) is 23.0 Å². The maximum atomic E-state index is 11.7. The summed E-state index contributed by atoms with van der Waals surface area (Å²) in [6.07, 6.45) is 1.65. The van der Waals surface area contributed by atoms with Crippen LogP contribution >= 0.6 is 22.9 Å². The lowest BCUT2D eigenvalue weighted by Crippen LogP contribution is -2.11. The van der Waals surface area contributed by atoms with Gasteiger partial charge in [-0.15, -0.1) is 22.9 Å². The van der Waals surface area contributed by atoms with E-state index in [1.807, 2.05) is 17.5 Å². The number of thiazole rings is 1. The molecule has 16 heavy (non-hydrogen) atoms. The second kappa shape index (κ2) is 5.09. The molecular formula is C11H9ClN2OS. The van der Waals surface area contributed by atoms with E-state index in [-0.39, 0.29) is 5.91 Å². The molecule has 0 spiro atoms. The fraction of sp³-hybridized carbons (Fsp3) is 0.0909. The highest BCUT2D eigenvalue weighted by Crippen LogP contribution is 2.13. The van der Waals surface area contributed by atoms with E-state index in [2.05, 4.69) is 10.3 Å². The van der Waals surface area contributed by atoms with E-state index in [0.29, 0.717) is 16.6 Å². The number of halogens is 1. The van der Waals surface area contributed by atoms with Crippen molar-refractivity contribution in [3.63, 3.8) is 0 Å². The van der Waals surface area contributed by atoms with Crippen molar-refractivity contribution in [1.29, 1.82) is 0 Å². The Morgan fingerprint density at radius 1 is 1.38 bits per heavy atom. The first-order chi connectivity index (χ1) is 7.79. The molecule has 2 aromatic rings. The standard InChI is InChI=1S/C11H9ClN2OS/c12-7-8-1-3-9(4-2-8)10(15)14-11-13-5-6-16-11/h1-6H,7H2,(H,13,14,15). The number of anilines is 1. The summed E-state index contributed by atoms with van der Waals surface area (Å²) in [4.78, 5) is 15.7. The number of nitrogens with one attached hydrogen (secondary N) is 1. The molecule has 82 valence electrons. The summed E-state index contributed by atoms with van der Waals surface area (Å²) in [7, 11) is 0. The number of carbonyl (C=O) groups is 1. The average molecular weight is 253 g/mol. The molecule has 3 nitrogen and oxygen atoms in total. The van der Waals surface area contributed by atoms with Gasteiger partial charge in [-0.1, -0.05) is 12.1 Å². The van der Waals surface area contributed by atoms with Crippen LogP contribution < -0.4 is 5.32 Å². The van der Waals surface area contributed by atoms with Gasteiger partial charge in [0.05, 0.1) is 0 Å². The van der Waals surface area contributed by atoms with Crippen LogP contribution in [0.1, 0.15) is 15.9 Å². The van der Waals surface area contributed by atoms with E-state index in [0.717, 1.165) is 5.56 Å². The summed E-state index contributed by atoms with van der Waals surface area (Å²) in [5, 5.41) is 5.13. The molecule has 1 aromatic carbocycles. The summed E-state index contributed by atoms with van der Waals surface area (Å²) in [6.45, 7) is 0. The van der Waals surface area contributed by atoms with E-state index < -0.39 is 0 Å². The van der Waals surface area contributed by atoms with E-state index in [9.17, 15) is 4.79 Å². The third kappa shape index (κ3) is 2.59. The molecule has 0 fully saturated rings. The van der Waals surface area contributed by atoms with Gasteiger partial charge in [0.1, 0.15) is 0 Å². The normalized spacial score (nSPS) is 10.1. The van der Waals surface area contributed by atoms with Crippen molar-refractivity contribution in [2.45, 2.75) is 5.88 Å². The number of aromatic nitrogens is 1. The van der Waals surface area contributed by atoms with Crippen molar-refractivity contribution in [2.75, 3.05) is 5.32 Å². The number of carbonyl (C=O) groups excluding carboxylic acids is 1. The van der Waals surface area contributed by atoms with E-state index in [4.69, 9.17) is 11.6 Å². The maximum absolute atomic E-state index is 11.7. The molecule has 1 heterocycles. The van der Waals surface area contributed by atoms with Crippen LogP contribution in [0, 0.1) is 0 Å². The highest BCUT2D eigenvalue weighted by molar-refractivity contribution is 7.13. The summed E-state index contributed by atoms with van der Waals surface area (Å²) in [5.74, 6) is 0.296. The van der Waals surface area contributed by atoms with Gasteiger partial charge in [0.15, 0.2) is 5.13 Å². The van der Waals surface area contributed by atoms with Crippen LogP contribution in [0.15, 0.2) is 35.8 Å². The number of alkyl halides is 1. The zero-order valence-electron chi connectivity index (χ0n) is 8.31. The number of hydrogen-bond acceptors (Lipinski definition) is 3. The van der Waals surface area contributed by atoms with Gasteiger partial charge in [-0.2, -0.15) is 0 Å². The lowest BCUT2D eigenvalue weighted by Gasteiger charge is -2.02. The van der Waals surface area contributed by atoms with Crippen molar-refractivity contribution in [3.05, 3.63) is 47.0 Å². The Kier molecular flexibility index (Phi) is 3.54. The molecule has 0 bridgehead atoms. The first-order valence-electron chi connectivity index (χ1n) is 4.65. The Morgan fingerprint density at radius 2 is 2.12 bits per heavy atom. The van der Waals surface area contributed by atoms with Crippen molar-refractivity contribution in [1.82, 2.24) is 4.98 Å². The molecule has 0 saturated carbocycles. The number of benzene rings is 1. The summed E-state index contributed by atoms with van der Waals surface area (Å²) >= 11 is 7.05. The lowest BCUT2D eigenvalue weighted by atomic mass is 10.1. The topological polar surface area (TPSA) is 42.0 Å². The SMILES string of the molecule is O=C(Nc1nccs1)c1ccc(CCl)cc1. The molecule has 0 aliphatic rings. The number of rotatable bonds is 3. The van der Waals surface area contributed by atoms with Crippen molar-refractivity contribution < 1.29 is 4.79 Å². The molecule has 1 amide bonds. The molecule has 0 aliphatic heterocycles. The molecule has 1 N–H and O–H groups in total. The van der Waals surface area contributed by atoms with Gasteiger partial charge in [-0.25, -0.2) is 4.98 Å². The van der Waals surface area contributed by atoms with E-state index >= 15 is 0 Å². The van der Waals surface area contributed by atoms with Crippen LogP contribution in [0.25, 0.3) is 0 Å². The smallest absolute Gasteiger partial charge is 0.257 e. The minimum atomic E-state index is -0.156. The highest BCUT2D eigenvalue weighted by atomic mass is 35.5. The largest absolute Gasteiger partial charge is 0.298 e. The maximum Gasteiger partial charge on any atom is 0.257 e. The van der Waals surface area contributed by atoms with E-state index in [1.54, 1.807) is 18.3 Å².